The molecule has 1 amide bonds. The third-order valence-corrected chi connectivity index (χ3v) is 4.80. The maximum atomic E-state index is 12.1. The summed E-state index contributed by atoms with van der Waals surface area (Å²) in [5, 5.41) is 7.31. The number of nitrogens with one attached hydrogen (secondary N) is 2. The zero-order valence-electron chi connectivity index (χ0n) is 15.2. The Balaban J connectivity index is 1.86. The highest BCUT2D eigenvalue weighted by Crippen LogP contribution is 2.19. The molecule has 0 spiro atoms. The van der Waals surface area contributed by atoms with E-state index >= 15 is 0 Å². The highest BCUT2D eigenvalue weighted by atomic mass is 32.1. The maximum absolute atomic E-state index is 12.1. The Hall–Kier alpha value is -1.62. The SMILES string of the molecule is CCc1ccccc1NC(=S)N1CCC(NC(=O)C(C)(C)C)CC1. The van der Waals surface area contributed by atoms with Crippen molar-refractivity contribution in [2.45, 2.75) is 53.0 Å². The minimum atomic E-state index is -0.335. The van der Waals surface area contributed by atoms with Gasteiger partial charge in [0.05, 0.1) is 0 Å². The third kappa shape index (κ3) is 4.94. The summed E-state index contributed by atoms with van der Waals surface area (Å²) in [4.78, 5) is 14.3. The molecule has 0 radical (unpaired) electrons. The predicted octanol–water partition coefficient (Wildman–Crippen LogP) is 3.57. The van der Waals surface area contributed by atoms with E-state index in [0.717, 1.165) is 43.2 Å². The minimum absolute atomic E-state index is 0.124. The molecular weight excluding hydrogens is 318 g/mol. The average Bonchev–Trinajstić information content (AvgIpc) is 2.55. The lowest BCUT2D eigenvalue weighted by Crippen LogP contribution is -2.49. The van der Waals surface area contributed by atoms with Crippen molar-refractivity contribution in [3.05, 3.63) is 29.8 Å². The molecule has 1 aromatic carbocycles. The van der Waals surface area contributed by atoms with E-state index in [0.29, 0.717) is 0 Å². The topological polar surface area (TPSA) is 44.4 Å². The number of nitrogens with zero attached hydrogens (tertiary/aromatic N) is 1. The van der Waals surface area contributed by atoms with Crippen LogP contribution in [0.25, 0.3) is 0 Å². The van der Waals surface area contributed by atoms with Crippen LogP contribution in [0.3, 0.4) is 0 Å². The van der Waals surface area contributed by atoms with Crippen molar-refractivity contribution in [2.75, 3.05) is 18.4 Å². The van der Waals surface area contributed by atoms with Crippen LogP contribution < -0.4 is 10.6 Å². The first kappa shape index (κ1) is 18.7. The molecule has 0 aliphatic carbocycles. The second-order valence-electron chi connectivity index (χ2n) is 7.43. The van der Waals surface area contributed by atoms with Crippen molar-refractivity contribution in [2.24, 2.45) is 5.41 Å². The Morgan fingerprint density at radius 2 is 1.88 bits per heavy atom. The zero-order chi connectivity index (χ0) is 17.7. The minimum Gasteiger partial charge on any atom is -0.353 e. The quantitative estimate of drug-likeness (QED) is 0.821. The average molecular weight is 348 g/mol. The van der Waals surface area contributed by atoms with Crippen LogP contribution in [0.2, 0.25) is 0 Å². The third-order valence-electron chi connectivity index (χ3n) is 4.44. The molecule has 1 aliphatic rings. The van der Waals surface area contributed by atoms with Crippen molar-refractivity contribution in [3.63, 3.8) is 0 Å². The van der Waals surface area contributed by atoms with E-state index in [1.54, 1.807) is 0 Å². The van der Waals surface area contributed by atoms with Gasteiger partial charge in [-0.15, -0.1) is 0 Å². The fourth-order valence-electron chi connectivity index (χ4n) is 2.77. The molecule has 132 valence electrons. The van der Waals surface area contributed by atoms with Gasteiger partial charge >= 0.3 is 0 Å². The lowest BCUT2D eigenvalue weighted by Gasteiger charge is -2.35. The Morgan fingerprint density at radius 3 is 2.46 bits per heavy atom. The molecule has 24 heavy (non-hydrogen) atoms. The van der Waals surface area contributed by atoms with Crippen molar-refractivity contribution >= 4 is 28.9 Å². The standard InChI is InChI=1S/C19H29N3OS/c1-5-14-8-6-7-9-16(14)21-18(24)22-12-10-15(11-13-22)20-17(23)19(2,3)4/h6-9,15H,5,10-13H2,1-4H3,(H,20,23)(H,21,24). The normalized spacial score (nSPS) is 15.9. The molecule has 0 saturated carbocycles. The van der Waals surface area contributed by atoms with Gasteiger partial charge in [-0.05, 0) is 43.1 Å². The Bertz CT molecular complexity index is 587. The van der Waals surface area contributed by atoms with E-state index < -0.39 is 0 Å². The number of thiocarbonyl (C=S) groups is 1. The second kappa shape index (κ2) is 7.97. The van der Waals surface area contributed by atoms with Gasteiger partial charge in [0.2, 0.25) is 5.91 Å². The van der Waals surface area contributed by atoms with E-state index in [1.165, 1.54) is 5.56 Å². The highest BCUT2D eigenvalue weighted by molar-refractivity contribution is 7.80. The number of carbonyl (C=O) groups excluding carboxylic acids is 1. The van der Waals surface area contributed by atoms with Gasteiger partial charge in [0, 0.05) is 30.2 Å². The summed E-state index contributed by atoms with van der Waals surface area (Å²) in [6.07, 6.45) is 2.84. The van der Waals surface area contributed by atoms with Gasteiger partial charge < -0.3 is 15.5 Å². The number of piperidine rings is 1. The van der Waals surface area contributed by atoms with Crippen LogP contribution in [-0.2, 0) is 11.2 Å². The molecule has 1 aliphatic heterocycles. The van der Waals surface area contributed by atoms with E-state index in [2.05, 4.69) is 40.7 Å². The number of anilines is 1. The van der Waals surface area contributed by atoms with Crippen molar-refractivity contribution in [1.29, 1.82) is 0 Å². The summed E-state index contributed by atoms with van der Waals surface area (Å²) in [6, 6.07) is 8.52. The molecule has 2 rings (SSSR count). The van der Waals surface area contributed by atoms with Gasteiger partial charge in [-0.3, -0.25) is 4.79 Å². The van der Waals surface area contributed by atoms with Crippen molar-refractivity contribution in [3.8, 4) is 0 Å². The second-order valence-corrected chi connectivity index (χ2v) is 7.81. The molecule has 1 saturated heterocycles. The number of carbonyl (C=O) groups is 1. The number of hydrogen-bond donors (Lipinski definition) is 2. The number of hydrogen-bond acceptors (Lipinski definition) is 2. The van der Waals surface area contributed by atoms with Crippen LogP contribution in [0.1, 0.15) is 46.1 Å². The molecule has 0 aromatic heterocycles. The maximum Gasteiger partial charge on any atom is 0.225 e. The van der Waals surface area contributed by atoms with E-state index in [9.17, 15) is 4.79 Å². The van der Waals surface area contributed by atoms with Crippen LogP contribution >= 0.6 is 12.2 Å². The first-order valence-corrected chi connectivity index (χ1v) is 9.17. The summed E-state index contributed by atoms with van der Waals surface area (Å²) in [6.45, 7) is 9.72. The summed E-state index contributed by atoms with van der Waals surface area (Å²) in [7, 11) is 0. The van der Waals surface area contributed by atoms with Crippen LogP contribution in [-0.4, -0.2) is 35.1 Å². The van der Waals surface area contributed by atoms with E-state index in [-0.39, 0.29) is 17.4 Å². The molecule has 2 N–H and O–H groups in total. The predicted molar refractivity (Wildman–Crippen MR) is 104 cm³/mol. The number of likely N-dealkylation sites (tertiary alicyclic amines) is 1. The highest BCUT2D eigenvalue weighted by Gasteiger charge is 2.27. The molecule has 0 unspecified atom stereocenters. The molecular formula is C19H29N3OS. The lowest BCUT2D eigenvalue weighted by atomic mass is 9.94. The van der Waals surface area contributed by atoms with Crippen LogP contribution in [0.5, 0.6) is 0 Å². The van der Waals surface area contributed by atoms with E-state index in [4.69, 9.17) is 12.2 Å². The summed E-state index contributed by atoms with van der Waals surface area (Å²) in [5.74, 6) is 0.124. The summed E-state index contributed by atoms with van der Waals surface area (Å²) >= 11 is 5.58. The van der Waals surface area contributed by atoms with Crippen molar-refractivity contribution in [1.82, 2.24) is 10.2 Å². The Labute approximate surface area is 151 Å². The number of benzene rings is 1. The number of rotatable bonds is 3. The van der Waals surface area contributed by atoms with Crippen LogP contribution in [0.4, 0.5) is 5.69 Å². The van der Waals surface area contributed by atoms with E-state index in [1.807, 2.05) is 26.8 Å². The molecule has 1 heterocycles. The fraction of sp³-hybridized carbons (Fsp3) is 0.579. The van der Waals surface area contributed by atoms with Crippen LogP contribution in [0, 0.1) is 5.41 Å². The van der Waals surface area contributed by atoms with Crippen LogP contribution in [0.15, 0.2) is 24.3 Å². The summed E-state index contributed by atoms with van der Waals surface area (Å²) in [5.41, 5.74) is 2.03. The van der Waals surface area contributed by atoms with Gasteiger partial charge in [0.15, 0.2) is 5.11 Å². The molecule has 0 atom stereocenters. The van der Waals surface area contributed by atoms with Gasteiger partial charge in [-0.25, -0.2) is 0 Å². The first-order chi connectivity index (χ1) is 11.3. The summed E-state index contributed by atoms with van der Waals surface area (Å²) < 4.78 is 0. The zero-order valence-corrected chi connectivity index (χ0v) is 16.0. The smallest absolute Gasteiger partial charge is 0.225 e. The number of para-hydroxylation sites is 1. The number of amides is 1. The molecule has 1 fully saturated rings. The van der Waals surface area contributed by atoms with Gasteiger partial charge in [-0.2, -0.15) is 0 Å². The van der Waals surface area contributed by atoms with Gasteiger partial charge in [0.1, 0.15) is 0 Å². The monoisotopic (exact) mass is 347 g/mol. The number of aryl methyl sites for hydroxylation is 1. The Morgan fingerprint density at radius 1 is 1.25 bits per heavy atom. The molecule has 0 bridgehead atoms. The van der Waals surface area contributed by atoms with Gasteiger partial charge in [-0.1, -0.05) is 45.9 Å². The lowest BCUT2D eigenvalue weighted by molar-refractivity contribution is -0.129. The first-order valence-electron chi connectivity index (χ1n) is 8.76. The molecule has 5 heteroatoms. The largest absolute Gasteiger partial charge is 0.353 e. The molecule has 1 aromatic rings. The van der Waals surface area contributed by atoms with Gasteiger partial charge in [0.25, 0.3) is 0 Å². The molecule has 4 nitrogen and oxygen atoms in total. The van der Waals surface area contributed by atoms with Crippen molar-refractivity contribution < 1.29 is 4.79 Å². The fourth-order valence-corrected chi connectivity index (χ4v) is 3.07. The Kier molecular flexibility index (Phi) is 6.21.